The molecule has 4 nitrogen and oxygen atoms in total. The Hall–Kier alpha value is -1.81. The van der Waals surface area contributed by atoms with E-state index >= 15 is 0 Å². The summed E-state index contributed by atoms with van der Waals surface area (Å²) in [5.41, 5.74) is 0.429. The quantitative estimate of drug-likeness (QED) is 0.387. The van der Waals surface area contributed by atoms with Gasteiger partial charge >= 0.3 is 0 Å². The van der Waals surface area contributed by atoms with Gasteiger partial charge in [-0.15, -0.1) is 0 Å². The zero-order chi connectivity index (χ0) is 13.0. The largest absolute Gasteiger partial charge is 0.504 e. The van der Waals surface area contributed by atoms with E-state index in [1.165, 1.54) is 32.2 Å². The fourth-order valence-electron chi connectivity index (χ4n) is 1.25. The molecule has 0 aliphatic carbocycles. The van der Waals surface area contributed by atoms with Crippen LogP contribution in [0.15, 0.2) is 23.8 Å². The summed E-state index contributed by atoms with van der Waals surface area (Å²) in [4.78, 5) is 22.2. The minimum atomic E-state index is -0.815. The van der Waals surface area contributed by atoms with Gasteiger partial charge in [0.05, 0.1) is 12.7 Å². The standard InChI is InChI=1S/C12H11ClO4/c1-7(14)9(12(13)16)5-8-3-4-10(15)11(6-8)17-2/h3-6,15H,1-2H3. The average Bonchev–Trinajstić information content (AvgIpc) is 2.26. The van der Waals surface area contributed by atoms with Crippen molar-refractivity contribution in [2.45, 2.75) is 6.92 Å². The number of carbonyl (C=O) groups is 2. The fourth-order valence-corrected chi connectivity index (χ4v) is 1.44. The first-order valence-corrected chi connectivity index (χ1v) is 5.13. The number of phenols is 1. The number of aromatic hydroxyl groups is 1. The van der Waals surface area contributed by atoms with Crippen LogP contribution in [0.1, 0.15) is 12.5 Å². The van der Waals surface area contributed by atoms with Crippen LogP contribution in [0.25, 0.3) is 6.08 Å². The second kappa shape index (κ2) is 5.50. The van der Waals surface area contributed by atoms with Gasteiger partial charge in [-0.3, -0.25) is 9.59 Å². The zero-order valence-electron chi connectivity index (χ0n) is 9.36. The first-order valence-electron chi connectivity index (χ1n) is 4.75. The molecule has 0 aliphatic heterocycles. The van der Waals surface area contributed by atoms with E-state index in [9.17, 15) is 14.7 Å². The highest BCUT2D eigenvalue weighted by Crippen LogP contribution is 2.27. The number of ether oxygens (including phenoxy) is 1. The van der Waals surface area contributed by atoms with Crippen LogP contribution in [0.2, 0.25) is 0 Å². The number of carbonyl (C=O) groups excluding carboxylic acids is 2. The summed E-state index contributed by atoms with van der Waals surface area (Å²) in [5, 5.41) is 8.57. The summed E-state index contributed by atoms with van der Waals surface area (Å²) in [5.74, 6) is -0.188. The number of phenolic OH excluding ortho intramolecular Hbond substituents is 1. The van der Waals surface area contributed by atoms with Gasteiger partial charge in [0, 0.05) is 0 Å². The second-order valence-electron chi connectivity index (χ2n) is 3.32. The van der Waals surface area contributed by atoms with Crippen molar-refractivity contribution < 1.29 is 19.4 Å². The smallest absolute Gasteiger partial charge is 0.255 e. The lowest BCUT2D eigenvalue weighted by Crippen LogP contribution is -2.03. The van der Waals surface area contributed by atoms with E-state index in [0.29, 0.717) is 5.56 Å². The highest BCUT2D eigenvalue weighted by Gasteiger charge is 2.12. The Kier molecular flexibility index (Phi) is 4.29. The Balaban J connectivity index is 3.21. The number of hydrogen-bond acceptors (Lipinski definition) is 4. The third-order valence-electron chi connectivity index (χ3n) is 2.11. The molecule has 5 heteroatoms. The van der Waals surface area contributed by atoms with Crippen molar-refractivity contribution in [3.05, 3.63) is 29.3 Å². The maximum Gasteiger partial charge on any atom is 0.255 e. The van der Waals surface area contributed by atoms with Gasteiger partial charge < -0.3 is 9.84 Å². The van der Waals surface area contributed by atoms with Crippen LogP contribution >= 0.6 is 11.6 Å². The molecule has 0 saturated carbocycles. The molecule has 1 rings (SSSR count). The minimum absolute atomic E-state index is 0.0220. The monoisotopic (exact) mass is 254 g/mol. The van der Waals surface area contributed by atoms with E-state index in [2.05, 4.69) is 0 Å². The predicted octanol–water partition coefficient (Wildman–Crippen LogP) is 2.14. The molecule has 17 heavy (non-hydrogen) atoms. The Morgan fingerprint density at radius 1 is 1.41 bits per heavy atom. The molecule has 0 atom stereocenters. The number of Topliss-reactive ketones (excluding diaryl/α,β-unsaturated/α-hetero) is 1. The highest BCUT2D eigenvalue weighted by molar-refractivity contribution is 6.71. The van der Waals surface area contributed by atoms with Gasteiger partial charge in [0.2, 0.25) is 0 Å². The van der Waals surface area contributed by atoms with Crippen molar-refractivity contribution in [2.75, 3.05) is 7.11 Å². The van der Waals surface area contributed by atoms with Crippen LogP contribution in [0.5, 0.6) is 11.5 Å². The molecule has 90 valence electrons. The Morgan fingerprint density at radius 3 is 2.53 bits per heavy atom. The van der Waals surface area contributed by atoms with Crippen LogP contribution in [0, 0.1) is 0 Å². The fraction of sp³-hybridized carbons (Fsp3) is 0.167. The number of hydrogen-bond donors (Lipinski definition) is 1. The Morgan fingerprint density at radius 2 is 2.06 bits per heavy atom. The number of ketones is 1. The average molecular weight is 255 g/mol. The molecule has 0 saturated heterocycles. The van der Waals surface area contributed by atoms with Crippen LogP contribution in [0.4, 0.5) is 0 Å². The SMILES string of the molecule is COc1cc(C=C(C(C)=O)C(=O)Cl)ccc1O. The van der Waals surface area contributed by atoms with Crippen LogP contribution < -0.4 is 4.74 Å². The second-order valence-corrected chi connectivity index (χ2v) is 3.66. The van der Waals surface area contributed by atoms with Gasteiger partial charge in [-0.2, -0.15) is 0 Å². The molecule has 0 fully saturated rings. The number of halogens is 1. The van der Waals surface area contributed by atoms with E-state index in [1.54, 1.807) is 6.07 Å². The normalized spacial score (nSPS) is 11.1. The Labute approximate surface area is 103 Å². The van der Waals surface area contributed by atoms with Crippen molar-refractivity contribution >= 4 is 28.7 Å². The summed E-state index contributed by atoms with van der Waals surface area (Å²) < 4.78 is 4.91. The summed E-state index contributed by atoms with van der Waals surface area (Å²) >= 11 is 5.28. The molecule has 0 bridgehead atoms. The third-order valence-corrected chi connectivity index (χ3v) is 2.31. The highest BCUT2D eigenvalue weighted by atomic mass is 35.5. The summed E-state index contributed by atoms with van der Waals surface area (Å²) in [6.07, 6.45) is 1.35. The number of methoxy groups -OCH3 is 1. The third kappa shape index (κ3) is 3.32. The van der Waals surface area contributed by atoms with Crippen LogP contribution in [-0.2, 0) is 9.59 Å². The summed E-state index contributed by atoms with van der Waals surface area (Å²) in [6.45, 7) is 1.25. The minimum Gasteiger partial charge on any atom is -0.504 e. The molecule has 0 heterocycles. The number of allylic oxidation sites excluding steroid dienone is 1. The van der Waals surface area contributed by atoms with E-state index in [1.807, 2.05) is 0 Å². The topological polar surface area (TPSA) is 63.6 Å². The maximum absolute atomic E-state index is 11.2. The van der Waals surface area contributed by atoms with Gasteiger partial charge in [-0.1, -0.05) is 6.07 Å². The van der Waals surface area contributed by atoms with Crippen molar-refractivity contribution in [1.82, 2.24) is 0 Å². The van der Waals surface area contributed by atoms with E-state index in [4.69, 9.17) is 16.3 Å². The molecule has 0 spiro atoms. The summed E-state index contributed by atoms with van der Waals surface area (Å²) in [7, 11) is 1.40. The molecule has 1 N–H and O–H groups in total. The summed E-state index contributed by atoms with van der Waals surface area (Å²) in [6, 6.07) is 4.44. The molecule has 1 aromatic rings. The molecule has 0 aliphatic rings. The molecule has 0 unspecified atom stereocenters. The van der Waals surface area contributed by atoms with Crippen molar-refractivity contribution in [1.29, 1.82) is 0 Å². The molecule has 0 aromatic heterocycles. The van der Waals surface area contributed by atoms with Gasteiger partial charge in [0.25, 0.3) is 5.24 Å². The predicted molar refractivity (Wildman–Crippen MR) is 64.2 cm³/mol. The van der Waals surface area contributed by atoms with E-state index in [0.717, 1.165) is 0 Å². The molecular formula is C12H11ClO4. The van der Waals surface area contributed by atoms with Gasteiger partial charge in [-0.05, 0) is 42.3 Å². The van der Waals surface area contributed by atoms with Crippen molar-refractivity contribution in [3.63, 3.8) is 0 Å². The van der Waals surface area contributed by atoms with Crippen molar-refractivity contribution in [3.8, 4) is 11.5 Å². The van der Waals surface area contributed by atoms with Crippen LogP contribution in [0.3, 0.4) is 0 Å². The zero-order valence-corrected chi connectivity index (χ0v) is 10.1. The molecular weight excluding hydrogens is 244 g/mol. The van der Waals surface area contributed by atoms with E-state index in [-0.39, 0.29) is 17.1 Å². The number of rotatable bonds is 4. The lowest BCUT2D eigenvalue weighted by molar-refractivity contribution is -0.116. The lowest BCUT2D eigenvalue weighted by Gasteiger charge is -2.04. The molecule has 0 amide bonds. The first-order chi connectivity index (χ1) is 7.95. The molecule has 0 radical (unpaired) electrons. The van der Waals surface area contributed by atoms with Crippen LogP contribution in [-0.4, -0.2) is 23.2 Å². The molecule has 1 aromatic carbocycles. The van der Waals surface area contributed by atoms with Gasteiger partial charge in [0.15, 0.2) is 17.3 Å². The number of benzene rings is 1. The lowest BCUT2D eigenvalue weighted by atomic mass is 10.1. The van der Waals surface area contributed by atoms with Gasteiger partial charge in [-0.25, -0.2) is 0 Å². The van der Waals surface area contributed by atoms with Gasteiger partial charge in [0.1, 0.15) is 0 Å². The maximum atomic E-state index is 11.2. The Bertz CT molecular complexity index is 475. The van der Waals surface area contributed by atoms with Crippen molar-refractivity contribution in [2.24, 2.45) is 0 Å². The van der Waals surface area contributed by atoms with E-state index < -0.39 is 11.0 Å². The first kappa shape index (κ1) is 13.3.